The number of nitrogens with two attached hydrogens (primary N) is 1. The second kappa shape index (κ2) is 3.58. The van der Waals surface area contributed by atoms with E-state index in [1.165, 1.54) is 11.0 Å². The summed E-state index contributed by atoms with van der Waals surface area (Å²) in [5, 5.41) is 0. The molecule has 1 fully saturated rings. The Morgan fingerprint density at radius 3 is 2.67 bits per heavy atom. The van der Waals surface area contributed by atoms with Gasteiger partial charge in [-0.25, -0.2) is 8.78 Å². The minimum atomic E-state index is -0.738. The van der Waals surface area contributed by atoms with Crippen molar-refractivity contribution in [3.8, 4) is 0 Å². The summed E-state index contributed by atoms with van der Waals surface area (Å²) in [4.78, 5) is 12.7. The third-order valence-electron chi connectivity index (χ3n) is 2.36. The molecular weight excluding hydrogens is 202 g/mol. The molecule has 80 valence electrons. The fourth-order valence-corrected chi connectivity index (χ4v) is 1.67. The molecule has 0 radical (unpaired) electrons. The molecular formula is C10H10F2N2O. The molecule has 15 heavy (non-hydrogen) atoms. The molecule has 2 rings (SSSR count). The number of amides is 1. The first kappa shape index (κ1) is 10.0. The van der Waals surface area contributed by atoms with Crippen molar-refractivity contribution in [3.05, 3.63) is 29.8 Å². The van der Waals surface area contributed by atoms with E-state index in [1.807, 2.05) is 0 Å². The SMILES string of the molecule is NC1CC(=O)N(c2ccc(F)cc2F)C1. The van der Waals surface area contributed by atoms with Crippen molar-refractivity contribution < 1.29 is 13.6 Å². The van der Waals surface area contributed by atoms with Gasteiger partial charge in [0.15, 0.2) is 0 Å². The first-order valence-electron chi connectivity index (χ1n) is 4.59. The highest BCUT2D eigenvalue weighted by Gasteiger charge is 2.29. The van der Waals surface area contributed by atoms with Crippen molar-refractivity contribution >= 4 is 11.6 Å². The molecule has 1 aliphatic rings. The van der Waals surface area contributed by atoms with Crippen LogP contribution in [0.1, 0.15) is 6.42 Å². The van der Waals surface area contributed by atoms with Crippen molar-refractivity contribution in [1.29, 1.82) is 0 Å². The zero-order chi connectivity index (χ0) is 11.0. The summed E-state index contributed by atoms with van der Waals surface area (Å²) in [5.74, 6) is -1.63. The minimum absolute atomic E-state index is 0.0920. The Bertz CT molecular complexity index is 408. The number of carbonyl (C=O) groups excluding carboxylic acids is 1. The summed E-state index contributed by atoms with van der Waals surface area (Å²) in [7, 11) is 0. The third kappa shape index (κ3) is 1.83. The standard InChI is InChI=1S/C10H10F2N2O/c11-6-1-2-9(8(12)3-6)14-5-7(13)4-10(14)15/h1-3,7H,4-5,13H2. The Kier molecular flexibility index (Phi) is 2.40. The maximum Gasteiger partial charge on any atom is 0.228 e. The molecule has 3 nitrogen and oxygen atoms in total. The van der Waals surface area contributed by atoms with Gasteiger partial charge >= 0.3 is 0 Å². The Morgan fingerprint density at radius 2 is 2.13 bits per heavy atom. The highest BCUT2D eigenvalue weighted by atomic mass is 19.1. The van der Waals surface area contributed by atoms with E-state index in [0.717, 1.165) is 12.1 Å². The number of rotatable bonds is 1. The van der Waals surface area contributed by atoms with Crippen molar-refractivity contribution in [2.45, 2.75) is 12.5 Å². The van der Waals surface area contributed by atoms with Crippen molar-refractivity contribution in [1.82, 2.24) is 0 Å². The van der Waals surface area contributed by atoms with Crippen LogP contribution in [0.4, 0.5) is 14.5 Å². The normalized spacial score (nSPS) is 21.1. The van der Waals surface area contributed by atoms with Gasteiger partial charge in [0.05, 0.1) is 5.69 Å². The molecule has 1 aliphatic heterocycles. The summed E-state index contributed by atoms with van der Waals surface area (Å²) in [5.41, 5.74) is 5.67. The van der Waals surface area contributed by atoms with E-state index < -0.39 is 11.6 Å². The van der Waals surface area contributed by atoms with Gasteiger partial charge in [-0.3, -0.25) is 4.79 Å². The molecule has 5 heteroatoms. The Morgan fingerprint density at radius 1 is 1.40 bits per heavy atom. The van der Waals surface area contributed by atoms with E-state index in [-0.39, 0.29) is 30.6 Å². The number of anilines is 1. The monoisotopic (exact) mass is 212 g/mol. The zero-order valence-electron chi connectivity index (χ0n) is 7.91. The van der Waals surface area contributed by atoms with Gasteiger partial charge < -0.3 is 10.6 Å². The van der Waals surface area contributed by atoms with Crippen LogP contribution in [-0.2, 0) is 4.79 Å². The highest BCUT2D eigenvalue weighted by molar-refractivity contribution is 5.96. The first-order chi connectivity index (χ1) is 7.08. The average molecular weight is 212 g/mol. The van der Waals surface area contributed by atoms with E-state index in [4.69, 9.17) is 5.73 Å². The molecule has 1 amide bonds. The van der Waals surface area contributed by atoms with Crippen LogP contribution in [0.5, 0.6) is 0 Å². The number of hydrogen-bond donors (Lipinski definition) is 1. The molecule has 0 aromatic heterocycles. The van der Waals surface area contributed by atoms with E-state index >= 15 is 0 Å². The van der Waals surface area contributed by atoms with Crippen LogP contribution in [0.2, 0.25) is 0 Å². The lowest BCUT2D eigenvalue weighted by atomic mass is 10.2. The second-order valence-electron chi connectivity index (χ2n) is 3.56. The van der Waals surface area contributed by atoms with Gasteiger partial charge in [0.25, 0.3) is 0 Å². The smallest absolute Gasteiger partial charge is 0.228 e. The Balaban J connectivity index is 2.34. The van der Waals surface area contributed by atoms with Gasteiger partial charge in [-0.1, -0.05) is 0 Å². The van der Waals surface area contributed by atoms with Crippen molar-refractivity contribution in [2.75, 3.05) is 11.4 Å². The van der Waals surface area contributed by atoms with Crippen LogP contribution in [0.15, 0.2) is 18.2 Å². The number of benzene rings is 1. The van der Waals surface area contributed by atoms with Crippen LogP contribution in [-0.4, -0.2) is 18.5 Å². The highest BCUT2D eigenvalue weighted by Crippen LogP contribution is 2.24. The quantitative estimate of drug-likeness (QED) is 0.755. The lowest BCUT2D eigenvalue weighted by Gasteiger charge is -2.16. The third-order valence-corrected chi connectivity index (χ3v) is 2.36. The maximum absolute atomic E-state index is 13.3. The molecule has 1 aromatic carbocycles. The van der Waals surface area contributed by atoms with Crippen LogP contribution < -0.4 is 10.6 Å². The molecule has 0 spiro atoms. The summed E-state index contributed by atoms with van der Waals surface area (Å²) >= 11 is 0. The fraction of sp³-hybridized carbons (Fsp3) is 0.300. The largest absolute Gasteiger partial charge is 0.326 e. The van der Waals surface area contributed by atoms with Crippen LogP contribution in [0, 0.1) is 11.6 Å². The number of carbonyl (C=O) groups is 1. The molecule has 1 aromatic rings. The summed E-state index contributed by atoms with van der Waals surface area (Å²) in [6.45, 7) is 0.279. The van der Waals surface area contributed by atoms with Gasteiger partial charge in [-0.15, -0.1) is 0 Å². The van der Waals surface area contributed by atoms with E-state index in [9.17, 15) is 13.6 Å². The maximum atomic E-state index is 13.3. The van der Waals surface area contributed by atoms with E-state index in [2.05, 4.69) is 0 Å². The summed E-state index contributed by atoms with van der Waals surface area (Å²) in [6, 6.07) is 2.85. The minimum Gasteiger partial charge on any atom is -0.326 e. The molecule has 1 atom stereocenters. The number of halogens is 2. The molecule has 1 unspecified atom stereocenters. The first-order valence-corrected chi connectivity index (χ1v) is 4.59. The molecule has 0 saturated carbocycles. The van der Waals surface area contributed by atoms with Crippen molar-refractivity contribution in [2.24, 2.45) is 5.73 Å². The molecule has 1 heterocycles. The Labute approximate surface area is 85.5 Å². The number of hydrogen-bond acceptors (Lipinski definition) is 2. The van der Waals surface area contributed by atoms with Crippen LogP contribution in [0.3, 0.4) is 0 Å². The van der Waals surface area contributed by atoms with E-state index in [1.54, 1.807) is 0 Å². The summed E-state index contributed by atoms with van der Waals surface area (Å²) < 4.78 is 26.0. The molecule has 1 saturated heterocycles. The number of nitrogens with zero attached hydrogens (tertiary/aromatic N) is 1. The second-order valence-corrected chi connectivity index (χ2v) is 3.56. The lowest BCUT2D eigenvalue weighted by molar-refractivity contribution is -0.117. The lowest BCUT2D eigenvalue weighted by Crippen LogP contribution is -2.28. The predicted octanol–water partition coefficient (Wildman–Crippen LogP) is 1.03. The molecule has 0 aliphatic carbocycles. The van der Waals surface area contributed by atoms with Gasteiger partial charge in [-0.2, -0.15) is 0 Å². The van der Waals surface area contributed by atoms with Gasteiger partial charge in [0.2, 0.25) is 5.91 Å². The molecule has 2 N–H and O–H groups in total. The van der Waals surface area contributed by atoms with Crippen LogP contribution >= 0.6 is 0 Å². The topological polar surface area (TPSA) is 46.3 Å². The molecule has 0 bridgehead atoms. The average Bonchev–Trinajstić information content (AvgIpc) is 2.45. The van der Waals surface area contributed by atoms with Gasteiger partial charge in [0, 0.05) is 25.1 Å². The predicted molar refractivity (Wildman–Crippen MR) is 51.3 cm³/mol. The van der Waals surface area contributed by atoms with E-state index in [0.29, 0.717) is 0 Å². The summed E-state index contributed by atoms with van der Waals surface area (Å²) in [6.07, 6.45) is 0.205. The van der Waals surface area contributed by atoms with Crippen molar-refractivity contribution in [3.63, 3.8) is 0 Å². The van der Waals surface area contributed by atoms with Gasteiger partial charge in [-0.05, 0) is 12.1 Å². The van der Waals surface area contributed by atoms with Gasteiger partial charge in [0.1, 0.15) is 11.6 Å². The Hall–Kier alpha value is -1.49. The van der Waals surface area contributed by atoms with Crippen LogP contribution in [0.25, 0.3) is 0 Å². The zero-order valence-corrected chi connectivity index (χ0v) is 7.91. The fourth-order valence-electron chi connectivity index (χ4n) is 1.67.